The van der Waals surface area contributed by atoms with Crippen LogP contribution in [0.2, 0.25) is 0 Å². The van der Waals surface area contributed by atoms with Crippen LogP contribution in [-0.4, -0.2) is 41.9 Å². The predicted molar refractivity (Wildman–Crippen MR) is 91.6 cm³/mol. The summed E-state index contributed by atoms with van der Waals surface area (Å²) in [6.07, 6.45) is 2.83. The molecule has 0 aromatic carbocycles. The highest BCUT2D eigenvalue weighted by atomic mass is 32.1. The topological polar surface area (TPSA) is 65.8 Å². The van der Waals surface area contributed by atoms with E-state index in [1.807, 2.05) is 11.0 Å². The van der Waals surface area contributed by atoms with Crippen LogP contribution in [-0.2, 0) is 24.3 Å². The Hall–Kier alpha value is -2.28. The summed E-state index contributed by atoms with van der Waals surface area (Å²) in [5.74, 6) is 0.810. The van der Waals surface area contributed by atoms with Crippen molar-refractivity contribution < 1.29 is 14.0 Å². The number of fused-ring (bicyclic) bond motifs is 1. The molecular weight excluding hydrogens is 326 g/mol. The minimum absolute atomic E-state index is 0.0841. The average molecular weight is 347 g/mol. The van der Waals surface area contributed by atoms with Gasteiger partial charge in [0.2, 0.25) is 5.91 Å². The van der Waals surface area contributed by atoms with Crippen molar-refractivity contribution in [3.05, 3.63) is 46.0 Å². The van der Waals surface area contributed by atoms with Gasteiger partial charge in [-0.15, -0.1) is 11.3 Å². The Morgan fingerprint density at radius 3 is 3.08 bits per heavy atom. The number of furan rings is 1. The number of amides is 3. The number of rotatable bonds is 5. The summed E-state index contributed by atoms with van der Waals surface area (Å²) in [6, 6.07) is 5.49. The van der Waals surface area contributed by atoms with Crippen molar-refractivity contribution in [2.75, 3.05) is 20.1 Å². The van der Waals surface area contributed by atoms with Gasteiger partial charge in [-0.1, -0.05) is 0 Å². The maximum atomic E-state index is 12.3. The summed E-state index contributed by atoms with van der Waals surface area (Å²) >= 11 is 1.76. The van der Waals surface area contributed by atoms with Gasteiger partial charge in [0.05, 0.1) is 12.8 Å². The molecule has 0 bridgehead atoms. The van der Waals surface area contributed by atoms with Crippen LogP contribution >= 0.6 is 11.3 Å². The van der Waals surface area contributed by atoms with Crippen LogP contribution in [0.4, 0.5) is 4.79 Å². The molecule has 0 spiro atoms. The second-order valence-corrected chi connectivity index (χ2v) is 6.85. The Labute approximate surface area is 145 Å². The van der Waals surface area contributed by atoms with E-state index >= 15 is 0 Å². The molecule has 0 fully saturated rings. The Morgan fingerprint density at radius 2 is 2.29 bits per heavy atom. The summed E-state index contributed by atoms with van der Waals surface area (Å²) < 4.78 is 5.22. The van der Waals surface area contributed by atoms with Gasteiger partial charge in [0, 0.05) is 38.0 Å². The molecule has 0 unspecified atom stereocenters. The highest BCUT2D eigenvalue weighted by Gasteiger charge is 2.21. The number of nitrogens with one attached hydrogen (secondary N) is 1. The number of hydrogen-bond donors (Lipinski definition) is 1. The summed E-state index contributed by atoms with van der Waals surface area (Å²) in [5, 5.41) is 4.86. The number of hydrogen-bond acceptors (Lipinski definition) is 4. The quantitative estimate of drug-likeness (QED) is 0.903. The van der Waals surface area contributed by atoms with Crippen molar-refractivity contribution in [1.29, 1.82) is 0 Å². The first-order valence-electron chi connectivity index (χ1n) is 7.98. The van der Waals surface area contributed by atoms with Gasteiger partial charge in [-0.2, -0.15) is 0 Å². The maximum Gasteiger partial charge on any atom is 0.317 e. The molecule has 0 atom stereocenters. The van der Waals surface area contributed by atoms with E-state index in [0.29, 0.717) is 26.1 Å². The molecule has 7 heteroatoms. The van der Waals surface area contributed by atoms with Crippen molar-refractivity contribution >= 4 is 23.3 Å². The molecule has 2 aromatic heterocycles. The van der Waals surface area contributed by atoms with Gasteiger partial charge >= 0.3 is 6.03 Å². The molecule has 3 heterocycles. The molecule has 0 radical (unpaired) electrons. The molecule has 3 amide bonds. The second-order valence-electron chi connectivity index (χ2n) is 5.85. The zero-order valence-electron chi connectivity index (χ0n) is 13.7. The van der Waals surface area contributed by atoms with Crippen molar-refractivity contribution in [1.82, 2.24) is 15.1 Å². The van der Waals surface area contributed by atoms with Crippen LogP contribution in [0, 0.1) is 0 Å². The van der Waals surface area contributed by atoms with Crippen molar-refractivity contribution in [2.24, 2.45) is 0 Å². The van der Waals surface area contributed by atoms with Crippen LogP contribution < -0.4 is 5.32 Å². The van der Waals surface area contributed by atoms with Gasteiger partial charge in [-0.3, -0.25) is 4.79 Å². The Bertz CT molecular complexity index is 696. The van der Waals surface area contributed by atoms with E-state index < -0.39 is 0 Å². The van der Waals surface area contributed by atoms with Crippen molar-refractivity contribution in [3.63, 3.8) is 0 Å². The summed E-state index contributed by atoms with van der Waals surface area (Å²) in [4.78, 5) is 29.1. The van der Waals surface area contributed by atoms with Gasteiger partial charge in [0.25, 0.3) is 0 Å². The standard InChI is InChI=1S/C17H21N3O3S/c1-19(12-14-3-2-9-23-14)17(22)18-7-4-16(21)20-8-5-15-13(11-20)6-10-24-15/h2-3,6,9-10H,4-5,7-8,11-12H2,1H3,(H,18,22). The number of urea groups is 1. The van der Waals surface area contributed by atoms with Gasteiger partial charge in [0.1, 0.15) is 5.76 Å². The largest absolute Gasteiger partial charge is 0.467 e. The molecule has 0 saturated carbocycles. The van der Waals surface area contributed by atoms with E-state index in [-0.39, 0.29) is 11.9 Å². The summed E-state index contributed by atoms with van der Waals surface area (Å²) in [5.41, 5.74) is 1.25. The van der Waals surface area contributed by atoms with Crippen LogP contribution in [0.3, 0.4) is 0 Å². The predicted octanol–water partition coefficient (Wildman–Crippen LogP) is 2.46. The Kier molecular flexibility index (Phi) is 5.20. The second kappa shape index (κ2) is 7.53. The van der Waals surface area contributed by atoms with E-state index in [9.17, 15) is 9.59 Å². The fraction of sp³-hybridized carbons (Fsp3) is 0.412. The first-order chi connectivity index (χ1) is 11.6. The molecule has 128 valence electrons. The van der Waals surface area contributed by atoms with Crippen LogP contribution in [0.1, 0.15) is 22.6 Å². The Balaban J connectivity index is 1.39. The van der Waals surface area contributed by atoms with E-state index in [1.54, 1.807) is 30.7 Å². The highest BCUT2D eigenvalue weighted by molar-refractivity contribution is 7.10. The zero-order valence-corrected chi connectivity index (χ0v) is 14.5. The van der Waals surface area contributed by atoms with Crippen LogP contribution in [0.5, 0.6) is 0 Å². The van der Waals surface area contributed by atoms with E-state index in [4.69, 9.17) is 4.42 Å². The summed E-state index contributed by atoms with van der Waals surface area (Å²) in [7, 11) is 1.70. The molecule has 2 aromatic rings. The molecule has 0 aliphatic carbocycles. The lowest BCUT2D eigenvalue weighted by Gasteiger charge is -2.27. The monoisotopic (exact) mass is 347 g/mol. The first kappa shape index (κ1) is 16.6. The molecule has 6 nitrogen and oxygen atoms in total. The van der Waals surface area contributed by atoms with Gasteiger partial charge in [-0.05, 0) is 35.6 Å². The molecule has 3 rings (SSSR count). The third kappa shape index (κ3) is 3.97. The molecule has 1 aliphatic heterocycles. The van der Waals surface area contributed by atoms with Gasteiger partial charge < -0.3 is 19.5 Å². The van der Waals surface area contributed by atoms with Crippen LogP contribution in [0.25, 0.3) is 0 Å². The summed E-state index contributed by atoms with van der Waals surface area (Å²) in [6.45, 7) is 2.19. The number of carbonyl (C=O) groups is 2. The van der Waals surface area contributed by atoms with Gasteiger partial charge in [-0.25, -0.2) is 4.79 Å². The zero-order chi connectivity index (χ0) is 16.9. The first-order valence-corrected chi connectivity index (χ1v) is 8.86. The molecular formula is C17H21N3O3S. The van der Waals surface area contributed by atoms with E-state index in [1.165, 1.54) is 15.3 Å². The number of thiophene rings is 1. The molecule has 24 heavy (non-hydrogen) atoms. The third-order valence-electron chi connectivity index (χ3n) is 4.10. The highest BCUT2D eigenvalue weighted by Crippen LogP contribution is 2.24. The van der Waals surface area contributed by atoms with Gasteiger partial charge in [0.15, 0.2) is 0 Å². The molecule has 1 N–H and O–H groups in total. The lowest BCUT2D eigenvalue weighted by Crippen LogP contribution is -2.40. The third-order valence-corrected chi connectivity index (χ3v) is 5.12. The number of carbonyl (C=O) groups excluding carboxylic acids is 2. The normalized spacial score (nSPS) is 13.5. The van der Waals surface area contributed by atoms with E-state index in [2.05, 4.69) is 16.8 Å². The fourth-order valence-electron chi connectivity index (χ4n) is 2.74. The minimum atomic E-state index is -0.210. The maximum absolute atomic E-state index is 12.3. The average Bonchev–Trinajstić information content (AvgIpc) is 3.24. The molecule has 0 saturated heterocycles. The van der Waals surface area contributed by atoms with E-state index in [0.717, 1.165) is 18.7 Å². The fourth-order valence-corrected chi connectivity index (χ4v) is 3.63. The molecule has 1 aliphatic rings. The lowest BCUT2D eigenvalue weighted by molar-refractivity contribution is -0.131. The van der Waals surface area contributed by atoms with Crippen molar-refractivity contribution in [2.45, 2.75) is 25.9 Å². The minimum Gasteiger partial charge on any atom is -0.467 e. The number of nitrogens with zero attached hydrogens (tertiary/aromatic N) is 2. The van der Waals surface area contributed by atoms with Crippen molar-refractivity contribution in [3.8, 4) is 0 Å². The Morgan fingerprint density at radius 1 is 1.42 bits per heavy atom. The SMILES string of the molecule is CN(Cc1ccco1)C(=O)NCCC(=O)N1CCc2sccc2C1. The van der Waals surface area contributed by atoms with Crippen LogP contribution in [0.15, 0.2) is 34.3 Å². The smallest absolute Gasteiger partial charge is 0.317 e. The lowest BCUT2D eigenvalue weighted by atomic mass is 10.1.